The molecule has 7 rings (SSSR count). The van der Waals surface area contributed by atoms with Gasteiger partial charge in [0.25, 0.3) is 0 Å². The van der Waals surface area contributed by atoms with E-state index < -0.39 is 28.5 Å². The molecular weight excluding hydrogens is 657 g/mol. The molecule has 2 fully saturated rings. The Hall–Kier alpha value is -5.02. The first-order chi connectivity index (χ1) is 25.0. The number of amides is 1. The summed E-state index contributed by atoms with van der Waals surface area (Å²) >= 11 is 0. The lowest BCUT2D eigenvalue weighted by Gasteiger charge is -2.55. The van der Waals surface area contributed by atoms with Crippen LogP contribution in [0.1, 0.15) is 76.0 Å². The molecule has 52 heavy (non-hydrogen) atoms. The number of hydrogen-bond donors (Lipinski definition) is 1. The van der Waals surface area contributed by atoms with E-state index in [1.807, 2.05) is 87.5 Å². The van der Waals surface area contributed by atoms with Gasteiger partial charge in [0.2, 0.25) is 11.8 Å². The van der Waals surface area contributed by atoms with Gasteiger partial charge in [-0.15, -0.1) is 0 Å². The average Bonchev–Trinajstić information content (AvgIpc) is 3.15. The molecule has 9 heteroatoms. The first-order valence-electron chi connectivity index (χ1n) is 18.2. The van der Waals surface area contributed by atoms with Gasteiger partial charge in [0.05, 0.1) is 5.52 Å². The van der Waals surface area contributed by atoms with Gasteiger partial charge in [-0.05, 0) is 69.4 Å². The molecule has 8 nitrogen and oxygen atoms in total. The molecule has 3 aromatic carbocycles. The minimum Gasteiger partial charge on any atom is -0.473 e. The number of halogens is 1. The normalized spacial score (nSPS) is 18.7. The number of aliphatic hydroxyl groups is 1. The van der Waals surface area contributed by atoms with Crippen molar-refractivity contribution in [1.82, 2.24) is 14.9 Å². The zero-order chi connectivity index (χ0) is 36.3. The zero-order valence-electron chi connectivity index (χ0n) is 30.1. The molecule has 1 N–H and O–H groups in total. The smallest absolute Gasteiger partial charge is 0.410 e. The van der Waals surface area contributed by atoms with Crippen molar-refractivity contribution in [3.8, 4) is 22.9 Å². The fourth-order valence-corrected chi connectivity index (χ4v) is 7.76. The lowest BCUT2D eigenvalue weighted by molar-refractivity contribution is -0.156. The number of aromatic nitrogens is 2. The summed E-state index contributed by atoms with van der Waals surface area (Å²) in [7, 11) is 0. The van der Waals surface area contributed by atoms with Crippen LogP contribution in [0.2, 0.25) is 0 Å². The van der Waals surface area contributed by atoms with Crippen molar-refractivity contribution in [1.29, 1.82) is 0 Å². The third-order valence-corrected chi connectivity index (χ3v) is 10.4. The SMILES string of the molecule is CC(C)(C)OC(=O)N1CCC(O)(c2ccc3ncc(-c4ccc(OCc5ccccc5)nc4OCc4ccccc4)cc3c2F)C2(CCCCC2)C1. The average molecular weight is 704 g/mol. The Labute approximate surface area is 304 Å². The van der Waals surface area contributed by atoms with Crippen LogP contribution in [0.4, 0.5) is 9.18 Å². The number of benzene rings is 3. The van der Waals surface area contributed by atoms with E-state index in [1.165, 1.54) is 0 Å². The Balaban J connectivity index is 1.23. The number of piperidine rings is 1. The number of pyridine rings is 2. The summed E-state index contributed by atoms with van der Waals surface area (Å²) in [5, 5.41) is 13.0. The highest BCUT2D eigenvalue weighted by molar-refractivity contribution is 5.86. The van der Waals surface area contributed by atoms with Crippen LogP contribution in [0.25, 0.3) is 22.0 Å². The number of hydrogen-bond acceptors (Lipinski definition) is 7. The molecule has 1 unspecified atom stereocenters. The third-order valence-electron chi connectivity index (χ3n) is 10.4. The van der Waals surface area contributed by atoms with E-state index in [0.29, 0.717) is 59.8 Å². The second-order valence-corrected chi connectivity index (χ2v) is 15.1. The highest BCUT2D eigenvalue weighted by Crippen LogP contribution is 2.55. The van der Waals surface area contributed by atoms with Crippen LogP contribution < -0.4 is 9.47 Å². The number of carbonyl (C=O) groups is 1. The number of carbonyl (C=O) groups excluding carboxylic acids is 1. The fraction of sp³-hybridized carbons (Fsp3) is 0.372. The highest BCUT2D eigenvalue weighted by atomic mass is 19.1. The zero-order valence-corrected chi connectivity index (χ0v) is 30.1. The molecule has 1 saturated carbocycles. The molecule has 5 aromatic rings. The van der Waals surface area contributed by atoms with Crippen molar-refractivity contribution in [2.75, 3.05) is 13.1 Å². The Bertz CT molecular complexity index is 2030. The number of fused-ring (bicyclic) bond motifs is 1. The van der Waals surface area contributed by atoms with Gasteiger partial charge < -0.3 is 24.2 Å². The quantitative estimate of drug-likeness (QED) is 0.172. The molecule has 1 aliphatic heterocycles. The van der Waals surface area contributed by atoms with Crippen LogP contribution in [0, 0.1) is 11.2 Å². The standard InChI is InChI=1S/C43H46FN3O5/c1-41(2,3)52-40(48)47-24-23-43(49,42(29-47)21-11-6-12-22-42)35-18-19-36-34(38(35)44)25-32(26-45-36)33-17-20-37(50-27-30-13-7-4-8-14-30)46-39(33)51-28-31-15-9-5-10-16-31/h4-5,7-10,13-20,25-26,49H,6,11-12,21-24,27-29H2,1-3H3. The van der Waals surface area contributed by atoms with Crippen LogP contribution in [0.15, 0.2) is 97.2 Å². The maximum absolute atomic E-state index is 17.0. The summed E-state index contributed by atoms with van der Waals surface area (Å²) in [6.45, 7) is 6.72. The fourth-order valence-electron chi connectivity index (χ4n) is 7.76. The maximum atomic E-state index is 17.0. The minimum atomic E-state index is -1.48. The summed E-state index contributed by atoms with van der Waals surface area (Å²) in [5.74, 6) is 0.226. The first-order valence-corrected chi connectivity index (χ1v) is 18.2. The van der Waals surface area contributed by atoms with Crippen molar-refractivity contribution in [2.45, 2.75) is 83.7 Å². The highest BCUT2D eigenvalue weighted by Gasteiger charge is 2.56. The number of rotatable bonds is 8. The van der Waals surface area contributed by atoms with Gasteiger partial charge in [-0.3, -0.25) is 4.98 Å². The molecule has 3 heterocycles. The van der Waals surface area contributed by atoms with E-state index in [1.54, 1.807) is 35.4 Å². The van der Waals surface area contributed by atoms with Gasteiger partial charge in [-0.25, -0.2) is 9.18 Å². The molecule has 270 valence electrons. The largest absolute Gasteiger partial charge is 0.473 e. The van der Waals surface area contributed by atoms with Crippen LogP contribution in [0.5, 0.6) is 11.8 Å². The van der Waals surface area contributed by atoms with Crippen LogP contribution in [-0.4, -0.2) is 44.8 Å². The summed E-state index contributed by atoms with van der Waals surface area (Å²) in [4.78, 5) is 24.3. The molecule has 1 saturated heterocycles. The van der Waals surface area contributed by atoms with Crippen LogP contribution >= 0.6 is 0 Å². The predicted molar refractivity (Wildman–Crippen MR) is 198 cm³/mol. The summed E-state index contributed by atoms with van der Waals surface area (Å²) in [5.41, 5.74) is 1.12. The second kappa shape index (κ2) is 14.5. The summed E-state index contributed by atoms with van der Waals surface area (Å²) in [6, 6.07) is 28.5. The Morgan fingerprint density at radius 1 is 0.865 bits per heavy atom. The summed E-state index contributed by atoms with van der Waals surface area (Å²) in [6.07, 6.45) is 5.70. The molecule has 0 radical (unpaired) electrons. The lowest BCUT2D eigenvalue weighted by Crippen LogP contribution is -2.60. The molecule has 2 aromatic heterocycles. The molecular formula is C43H46FN3O5. The van der Waals surface area contributed by atoms with Crippen molar-refractivity contribution in [3.63, 3.8) is 0 Å². The van der Waals surface area contributed by atoms with E-state index >= 15 is 4.39 Å². The van der Waals surface area contributed by atoms with Gasteiger partial charge in [0.15, 0.2) is 0 Å². The van der Waals surface area contributed by atoms with E-state index in [9.17, 15) is 9.90 Å². The Kier molecular flexibility index (Phi) is 9.90. The van der Waals surface area contributed by atoms with Crippen molar-refractivity contribution in [2.24, 2.45) is 5.41 Å². The minimum absolute atomic E-state index is 0.202. The second-order valence-electron chi connectivity index (χ2n) is 15.1. The van der Waals surface area contributed by atoms with Crippen LogP contribution in [0.3, 0.4) is 0 Å². The van der Waals surface area contributed by atoms with Gasteiger partial charge >= 0.3 is 6.09 Å². The first kappa shape index (κ1) is 35.4. The monoisotopic (exact) mass is 703 g/mol. The third kappa shape index (κ3) is 7.33. The predicted octanol–water partition coefficient (Wildman–Crippen LogP) is 9.37. The van der Waals surface area contributed by atoms with Crippen molar-refractivity contribution in [3.05, 3.63) is 120 Å². The Morgan fingerprint density at radius 2 is 1.54 bits per heavy atom. The number of nitrogens with zero attached hydrogens (tertiary/aromatic N) is 3. The van der Waals surface area contributed by atoms with Crippen molar-refractivity contribution < 1.29 is 28.5 Å². The number of ether oxygens (including phenoxy) is 3. The van der Waals surface area contributed by atoms with E-state index in [0.717, 1.165) is 30.4 Å². The summed E-state index contributed by atoms with van der Waals surface area (Å²) < 4.78 is 35.1. The molecule has 1 spiro atoms. The van der Waals surface area contributed by atoms with E-state index in [-0.39, 0.29) is 25.1 Å². The van der Waals surface area contributed by atoms with Crippen molar-refractivity contribution >= 4 is 17.0 Å². The molecule has 1 aliphatic carbocycles. The molecule has 1 atom stereocenters. The topological polar surface area (TPSA) is 94.0 Å². The molecule has 1 amide bonds. The van der Waals surface area contributed by atoms with Gasteiger partial charge in [0, 0.05) is 52.8 Å². The molecule has 0 bridgehead atoms. The maximum Gasteiger partial charge on any atom is 0.410 e. The Morgan fingerprint density at radius 3 is 2.21 bits per heavy atom. The van der Waals surface area contributed by atoms with E-state index in [4.69, 9.17) is 19.2 Å². The molecule has 2 aliphatic rings. The van der Waals surface area contributed by atoms with Gasteiger partial charge in [-0.1, -0.05) is 86.0 Å². The van der Waals surface area contributed by atoms with Gasteiger partial charge in [0.1, 0.15) is 30.2 Å². The van der Waals surface area contributed by atoms with Crippen LogP contribution in [-0.2, 0) is 23.6 Å². The van der Waals surface area contributed by atoms with E-state index in [2.05, 4.69) is 4.98 Å². The number of likely N-dealkylation sites (tertiary alicyclic amines) is 1. The lowest BCUT2D eigenvalue weighted by atomic mass is 9.58. The van der Waals surface area contributed by atoms with Gasteiger partial charge in [-0.2, -0.15) is 4.98 Å².